The van der Waals surface area contributed by atoms with Gasteiger partial charge in [-0.1, -0.05) is 23.7 Å². The van der Waals surface area contributed by atoms with Crippen molar-refractivity contribution < 1.29 is 8.42 Å². The molecule has 0 atom stereocenters. The zero-order chi connectivity index (χ0) is 15.6. The lowest BCUT2D eigenvalue weighted by Crippen LogP contribution is -2.08. The molecular weight excluding hydrogens is 322 g/mol. The number of nitrogens with one attached hydrogen (secondary N) is 2. The second kappa shape index (κ2) is 5.82. The zero-order valence-electron chi connectivity index (χ0n) is 11.3. The van der Waals surface area contributed by atoms with Crippen LogP contribution in [-0.2, 0) is 10.0 Å². The Morgan fingerprint density at radius 2 is 1.91 bits per heavy atom. The molecule has 3 rings (SSSR count). The molecule has 7 heteroatoms. The smallest absolute Gasteiger partial charge is 0.255 e. The van der Waals surface area contributed by atoms with E-state index in [0.29, 0.717) is 10.7 Å². The predicted octanol–water partition coefficient (Wildman–Crippen LogP) is 3.63. The molecular formula is C15H12ClN3O2S. The van der Waals surface area contributed by atoms with E-state index in [4.69, 9.17) is 11.6 Å². The highest BCUT2D eigenvalue weighted by atomic mass is 35.5. The second-order valence-corrected chi connectivity index (χ2v) is 6.68. The van der Waals surface area contributed by atoms with Crippen molar-refractivity contribution in [2.24, 2.45) is 0 Å². The SMILES string of the molecule is O=S(=O)(C=Cc1ccc(Cl)cc1)Nc1ccc2cn[nH]c2c1. The van der Waals surface area contributed by atoms with Gasteiger partial charge in [0.2, 0.25) is 0 Å². The molecule has 22 heavy (non-hydrogen) atoms. The maximum absolute atomic E-state index is 12.1. The topological polar surface area (TPSA) is 74.8 Å². The van der Waals surface area contributed by atoms with E-state index < -0.39 is 10.0 Å². The number of anilines is 1. The number of rotatable bonds is 4. The standard InChI is InChI=1S/C15H12ClN3O2S/c16-13-4-1-11(2-5-13)7-8-22(20,21)19-14-6-3-12-10-17-18-15(12)9-14/h1-10,19H,(H,17,18). The van der Waals surface area contributed by atoms with Gasteiger partial charge in [0.1, 0.15) is 0 Å². The predicted molar refractivity (Wildman–Crippen MR) is 89.1 cm³/mol. The lowest BCUT2D eigenvalue weighted by atomic mass is 10.2. The minimum Gasteiger partial charge on any atom is -0.280 e. The summed E-state index contributed by atoms with van der Waals surface area (Å²) in [5, 5.41) is 9.33. The molecule has 0 aliphatic heterocycles. The summed E-state index contributed by atoms with van der Waals surface area (Å²) in [6.45, 7) is 0. The van der Waals surface area contributed by atoms with Crippen molar-refractivity contribution in [3.63, 3.8) is 0 Å². The third-order valence-electron chi connectivity index (χ3n) is 3.01. The Kier molecular flexibility index (Phi) is 3.87. The minimum atomic E-state index is -3.59. The van der Waals surface area contributed by atoms with Crippen LogP contribution in [0.25, 0.3) is 17.0 Å². The fraction of sp³-hybridized carbons (Fsp3) is 0. The second-order valence-electron chi connectivity index (χ2n) is 4.67. The van der Waals surface area contributed by atoms with Crippen molar-refractivity contribution in [3.05, 3.63) is 64.7 Å². The number of fused-ring (bicyclic) bond motifs is 1. The lowest BCUT2D eigenvalue weighted by molar-refractivity contribution is 0.609. The maximum Gasteiger partial charge on any atom is 0.255 e. The van der Waals surface area contributed by atoms with Crippen molar-refractivity contribution in [1.82, 2.24) is 10.2 Å². The minimum absolute atomic E-state index is 0.470. The number of sulfonamides is 1. The van der Waals surface area contributed by atoms with E-state index >= 15 is 0 Å². The number of aromatic amines is 1. The van der Waals surface area contributed by atoms with Crippen molar-refractivity contribution in [1.29, 1.82) is 0 Å². The fourth-order valence-corrected chi connectivity index (χ4v) is 2.93. The first-order valence-electron chi connectivity index (χ1n) is 6.41. The summed E-state index contributed by atoms with van der Waals surface area (Å²) in [5.41, 5.74) is 1.98. The molecule has 5 nitrogen and oxygen atoms in total. The van der Waals surface area contributed by atoms with E-state index in [1.54, 1.807) is 48.7 Å². The van der Waals surface area contributed by atoms with E-state index in [2.05, 4.69) is 14.9 Å². The van der Waals surface area contributed by atoms with Crippen molar-refractivity contribution >= 4 is 44.3 Å². The van der Waals surface area contributed by atoms with Gasteiger partial charge in [-0.3, -0.25) is 9.82 Å². The van der Waals surface area contributed by atoms with Crippen LogP contribution in [0.1, 0.15) is 5.56 Å². The molecule has 0 aliphatic rings. The molecule has 0 spiro atoms. The van der Waals surface area contributed by atoms with Gasteiger partial charge in [-0.15, -0.1) is 0 Å². The highest BCUT2D eigenvalue weighted by molar-refractivity contribution is 7.95. The first-order chi connectivity index (χ1) is 10.5. The Bertz CT molecular complexity index is 931. The van der Waals surface area contributed by atoms with Crippen molar-refractivity contribution in [3.8, 4) is 0 Å². The molecule has 0 bridgehead atoms. The van der Waals surface area contributed by atoms with Gasteiger partial charge in [0, 0.05) is 10.4 Å². The van der Waals surface area contributed by atoms with Crippen LogP contribution in [0.4, 0.5) is 5.69 Å². The van der Waals surface area contributed by atoms with Gasteiger partial charge in [-0.2, -0.15) is 5.10 Å². The van der Waals surface area contributed by atoms with Gasteiger partial charge in [0.05, 0.1) is 22.8 Å². The van der Waals surface area contributed by atoms with E-state index in [1.165, 1.54) is 6.08 Å². The molecule has 1 aromatic heterocycles. The van der Waals surface area contributed by atoms with Crippen LogP contribution < -0.4 is 4.72 Å². The molecule has 0 fully saturated rings. The summed E-state index contributed by atoms with van der Waals surface area (Å²) in [5.74, 6) is 0. The van der Waals surface area contributed by atoms with Gasteiger partial charge < -0.3 is 0 Å². The number of aromatic nitrogens is 2. The monoisotopic (exact) mass is 333 g/mol. The summed E-state index contributed by atoms with van der Waals surface area (Å²) in [6.07, 6.45) is 3.18. The van der Waals surface area contributed by atoms with Crippen LogP contribution in [0.5, 0.6) is 0 Å². The molecule has 0 saturated carbocycles. The normalized spacial score (nSPS) is 12.0. The van der Waals surface area contributed by atoms with E-state index in [0.717, 1.165) is 21.9 Å². The van der Waals surface area contributed by atoms with Gasteiger partial charge in [-0.25, -0.2) is 8.42 Å². The number of benzene rings is 2. The summed E-state index contributed by atoms with van der Waals surface area (Å²) in [7, 11) is -3.59. The number of H-pyrrole nitrogens is 1. The third-order valence-corrected chi connectivity index (χ3v) is 4.28. The van der Waals surface area contributed by atoms with Crippen LogP contribution in [0.3, 0.4) is 0 Å². The summed E-state index contributed by atoms with van der Waals surface area (Å²) >= 11 is 5.78. The Morgan fingerprint density at radius 1 is 1.14 bits per heavy atom. The molecule has 0 saturated heterocycles. The van der Waals surface area contributed by atoms with Crippen LogP contribution in [0.15, 0.2) is 54.1 Å². The molecule has 2 aromatic carbocycles. The third kappa shape index (κ3) is 3.47. The molecule has 2 N–H and O–H groups in total. The Morgan fingerprint density at radius 3 is 2.68 bits per heavy atom. The fourth-order valence-electron chi connectivity index (χ4n) is 1.94. The van der Waals surface area contributed by atoms with Gasteiger partial charge in [0.15, 0.2) is 0 Å². The van der Waals surface area contributed by atoms with Gasteiger partial charge >= 0.3 is 0 Å². The highest BCUT2D eigenvalue weighted by Crippen LogP contribution is 2.18. The number of hydrogen-bond donors (Lipinski definition) is 2. The van der Waals surface area contributed by atoms with Crippen molar-refractivity contribution in [2.75, 3.05) is 4.72 Å². The first-order valence-corrected chi connectivity index (χ1v) is 8.34. The molecule has 3 aromatic rings. The number of halogens is 1. The van der Waals surface area contributed by atoms with Crippen LogP contribution in [-0.4, -0.2) is 18.6 Å². The molecule has 0 unspecified atom stereocenters. The highest BCUT2D eigenvalue weighted by Gasteiger charge is 2.06. The maximum atomic E-state index is 12.1. The molecule has 0 radical (unpaired) electrons. The lowest BCUT2D eigenvalue weighted by Gasteiger charge is -2.04. The molecule has 0 aliphatic carbocycles. The van der Waals surface area contributed by atoms with Crippen LogP contribution >= 0.6 is 11.6 Å². The first kappa shape index (κ1) is 14.6. The average molecular weight is 334 g/mol. The molecule has 112 valence electrons. The number of nitrogens with zero attached hydrogens (tertiary/aromatic N) is 1. The summed E-state index contributed by atoms with van der Waals surface area (Å²) in [4.78, 5) is 0. The largest absolute Gasteiger partial charge is 0.280 e. The molecule has 1 heterocycles. The average Bonchev–Trinajstić information content (AvgIpc) is 2.94. The summed E-state index contributed by atoms with van der Waals surface area (Å²) in [6, 6.07) is 12.1. The van der Waals surface area contributed by atoms with E-state index in [-0.39, 0.29) is 0 Å². The zero-order valence-corrected chi connectivity index (χ0v) is 12.9. The van der Waals surface area contributed by atoms with Crippen LogP contribution in [0.2, 0.25) is 5.02 Å². The quantitative estimate of drug-likeness (QED) is 0.765. The van der Waals surface area contributed by atoms with E-state index in [9.17, 15) is 8.42 Å². The Balaban J connectivity index is 1.79. The Hall–Kier alpha value is -2.31. The summed E-state index contributed by atoms with van der Waals surface area (Å²) < 4.78 is 26.6. The number of hydrogen-bond acceptors (Lipinski definition) is 3. The van der Waals surface area contributed by atoms with Gasteiger partial charge in [-0.05, 0) is 42.0 Å². The van der Waals surface area contributed by atoms with Crippen LogP contribution in [0, 0.1) is 0 Å². The molecule has 0 amide bonds. The Labute approximate surface area is 132 Å². The van der Waals surface area contributed by atoms with Crippen molar-refractivity contribution in [2.45, 2.75) is 0 Å². The van der Waals surface area contributed by atoms with Gasteiger partial charge in [0.25, 0.3) is 10.0 Å². The van der Waals surface area contributed by atoms with E-state index in [1.807, 2.05) is 0 Å².